The van der Waals surface area contributed by atoms with Crippen LogP contribution in [0.25, 0.3) is 72.4 Å². The normalized spacial score (nSPS) is 13.5. The van der Waals surface area contributed by atoms with Gasteiger partial charge in [0.2, 0.25) is 5.71 Å². The van der Waals surface area contributed by atoms with Gasteiger partial charge in [-0.1, -0.05) is 74.5 Å². The minimum atomic E-state index is -0.0914. The first-order valence-electron chi connectivity index (χ1n) is 14.6. The van der Waals surface area contributed by atoms with Crippen molar-refractivity contribution in [3.05, 3.63) is 139 Å². The first kappa shape index (κ1) is 24.2. The molecule has 0 amide bonds. The van der Waals surface area contributed by atoms with E-state index in [1.807, 2.05) is 30.6 Å². The van der Waals surface area contributed by atoms with Gasteiger partial charge in [0.15, 0.2) is 0 Å². The second-order valence-electron chi connectivity index (χ2n) is 12.0. The Bertz CT molecular complexity index is 2360. The van der Waals surface area contributed by atoms with Crippen molar-refractivity contribution >= 4 is 27.8 Å². The molecule has 0 unspecified atom stereocenters. The van der Waals surface area contributed by atoms with E-state index in [9.17, 15) is 0 Å². The third-order valence-corrected chi connectivity index (χ3v) is 9.16. The van der Waals surface area contributed by atoms with E-state index in [0.29, 0.717) is 0 Å². The van der Waals surface area contributed by atoms with Crippen LogP contribution < -0.4 is 0 Å². The van der Waals surface area contributed by atoms with Gasteiger partial charge < -0.3 is 4.42 Å². The lowest BCUT2D eigenvalue weighted by Gasteiger charge is -2.22. The highest BCUT2D eigenvalue weighted by molar-refractivity contribution is 6.03. The SMILES string of the molecule is CC1(C)c2cc(-c3ccncc3)ccc2-c2ccc(-c3ccc(-c4ccc5nc6c7ccccc7oc6n5c4)cc3)cc21. The van der Waals surface area contributed by atoms with Gasteiger partial charge in [0.1, 0.15) is 16.7 Å². The molecule has 0 saturated heterocycles. The van der Waals surface area contributed by atoms with Gasteiger partial charge in [0, 0.05) is 29.4 Å². The smallest absolute Gasteiger partial charge is 0.232 e. The average molecular weight is 554 g/mol. The monoisotopic (exact) mass is 553 g/mol. The number of para-hydroxylation sites is 1. The van der Waals surface area contributed by atoms with Crippen molar-refractivity contribution < 1.29 is 4.42 Å². The molecule has 4 nitrogen and oxygen atoms in total. The summed E-state index contributed by atoms with van der Waals surface area (Å²) in [5.41, 5.74) is 15.9. The molecule has 0 saturated carbocycles. The molecule has 0 fully saturated rings. The number of fused-ring (bicyclic) bond motifs is 8. The van der Waals surface area contributed by atoms with Crippen molar-refractivity contribution in [2.45, 2.75) is 19.3 Å². The Kier molecular flexibility index (Phi) is 4.92. The first-order valence-corrected chi connectivity index (χ1v) is 14.6. The molecular weight excluding hydrogens is 526 g/mol. The molecule has 204 valence electrons. The van der Waals surface area contributed by atoms with Crippen LogP contribution in [0, 0.1) is 0 Å². The summed E-state index contributed by atoms with van der Waals surface area (Å²) < 4.78 is 8.23. The zero-order valence-electron chi connectivity index (χ0n) is 23.9. The van der Waals surface area contributed by atoms with Crippen molar-refractivity contribution in [2.24, 2.45) is 0 Å². The van der Waals surface area contributed by atoms with Crippen molar-refractivity contribution in [2.75, 3.05) is 0 Å². The van der Waals surface area contributed by atoms with Crippen molar-refractivity contribution in [3.8, 4) is 44.5 Å². The Morgan fingerprint density at radius 2 is 1.19 bits per heavy atom. The maximum Gasteiger partial charge on any atom is 0.232 e. The summed E-state index contributed by atoms with van der Waals surface area (Å²) in [4.78, 5) is 9.02. The van der Waals surface area contributed by atoms with E-state index in [1.165, 1.54) is 44.5 Å². The van der Waals surface area contributed by atoms with Gasteiger partial charge in [-0.2, -0.15) is 0 Å². The lowest BCUT2D eigenvalue weighted by molar-refractivity contribution is 0.649. The zero-order chi connectivity index (χ0) is 28.7. The second-order valence-corrected chi connectivity index (χ2v) is 12.0. The van der Waals surface area contributed by atoms with E-state index in [0.717, 1.165) is 39.0 Å². The van der Waals surface area contributed by atoms with Crippen LogP contribution in [0.3, 0.4) is 0 Å². The molecule has 4 heterocycles. The summed E-state index contributed by atoms with van der Waals surface area (Å²) in [6.07, 6.45) is 5.84. The average Bonchev–Trinajstić information content (AvgIpc) is 3.67. The fraction of sp³-hybridized carbons (Fsp3) is 0.0769. The van der Waals surface area contributed by atoms with Crippen LogP contribution in [0.4, 0.5) is 0 Å². The number of nitrogens with zero attached hydrogens (tertiary/aromatic N) is 3. The highest BCUT2D eigenvalue weighted by Crippen LogP contribution is 2.50. The Morgan fingerprint density at radius 1 is 0.605 bits per heavy atom. The molecule has 4 aromatic carbocycles. The molecular formula is C39H27N3O. The van der Waals surface area contributed by atoms with Gasteiger partial charge in [0.25, 0.3) is 0 Å². The predicted octanol–water partition coefficient (Wildman–Crippen LogP) is 9.94. The van der Waals surface area contributed by atoms with E-state index in [1.54, 1.807) is 0 Å². The van der Waals surface area contributed by atoms with Gasteiger partial charge in [-0.15, -0.1) is 0 Å². The quantitative estimate of drug-likeness (QED) is 0.219. The van der Waals surface area contributed by atoms with Crippen LogP contribution in [-0.2, 0) is 5.41 Å². The fourth-order valence-corrected chi connectivity index (χ4v) is 6.82. The van der Waals surface area contributed by atoms with Gasteiger partial charge in [-0.3, -0.25) is 9.38 Å². The summed E-state index contributed by atoms with van der Waals surface area (Å²) in [5.74, 6) is 0. The number of imidazole rings is 1. The maximum atomic E-state index is 6.18. The summed E-state index contributed by atoms with van der Waals surface area (Å²) in [6, 6.07) is 39.1. The Balaban J connectivity index is 1.06. The predicted molar refractivity (Wildman–Crippen MR) is 174 cm³/mol. The van der Waals surface area contributed by atoms with Gasteiger partial charge >= 0.3 is 0 Å². The van der Waals surface area contributed by atoms with Crippen LogP contribution in [0.15, 0.2) is 132 Å². The minimum Gasteiger partial charge on any atom is -0.437 e. The Labute approximate surface area is 248 Å². The molecule has 1 aliphatic carbocycles. The summed E-state index contributed by atoms with van der Waals surface area (Å²) >= 11 is 0. The number of hydrogen-bond acceptors (Lipinski definition) is 3. The Hall–Kier alpha value is -5.48. The topological polar surface area (TPSA) is 43.3 Å². The molecule has 4 heteroatoms. The summed E-state index contributed by atoms with van der Waals surface area (Å²) in [6.45, 7) is 4.68. The van der Waals surface area contributed by atoms with Crippen LogP contribution in [0.1, 0.15) is 25.0 Å². The maximum absolute atomic E-state index is 6.18. The van der Waals surface area contributed by atoms with Crippen molar-refractivity contribution in [1.82, 2.24) is 14.4 Å². The number of rotatable bonds is 3. The molecule has 1 aliphatic rings. The van der Waals surface area contributed by atoms with Gasteiger partial charge in [-0.05, 0) is 104 Å². The van der Waals surface area contributed by atoms with Crippen molar-refractivity contribution in [1.29, 1.82) is 0 Å². The Morgan fingerprint density at radius 3 is 1.88 bits per heavy atom. The largest absolute Gasteiger partial charge is 0.437 e. The van der Waals surface area contributed by atoms with E-state index in [4.69, 9.17) is 9.40 Å². The van der Waals surface area contributed by atoms with Crippen LogP contribution in [0.2, 0.25) is 0 Å². The van der Waals surface area contributed by atoms with Crippen LogP contribution in [0.5, 0.6) is 0 Å². The third kappa shape index (κ3) is 3.56. The number of hydrogen-bond donors (Lipinski definition) is 0. The fourth-order valence-electron chi connectivity index (χ4n) is 6.82. The second kappa shape index (κ2) is 8.76. The number of benzene rings is 4. The molecule has 0 spiro atoms. The van der Waals surface area contributed by atoms with Crippen LogP contribution >= 0.6 is 0 Å². The van der Waals surface area contributed by atoms with Crippen molar-refractivity contribution in [3.63, 3.8) is 0 Å². The molecule has 0 aliphatic heterocycles. The lowest BCUT2D eigenvalue weighted by atomic mass is 9.81. The first-order chi connectivity index (χ1) is 21.0. The third-order valence-electron chi connectivity index (χ3n) is 9.16. The minimum absolute atomic E-state index is 0.0914. The molecule has 9 rings (SSSR count). The lowest BCUT2D eigenvalue weighted by Crippen LogP contribution is -2.15. The molecule has 43 heavy (non-hydrogen) atoms. The molecule has 0 radical (unpaired) electrons. The van der Waals surface area contributed by atoms with E-state index in [2.05, 4.69) is 120 Å². The van der Waals surface area contributed by atoms with Gasteiger partial charge in [-0.25, -0.2) is 4.98 Å². The van der Waals surface area contributed by atoms with E-state index in [-0.39, 0.29) is 5.41 Å². The molecule has 0 N–H and O–H groups in total. The standard InChI is InChI=1S/C39H27N3O/c1-39(2)33-21-27(11-14-30(33)31-15-12-28(22-34(31)39)26-17-19-40-20-18-26)24-7-9-25(10-8-24)29-13-16-36-41-37-32-5-3-4-6-35(32)43-38(37)42(36)23-29/h3-23H,1-2H3. The molecule has 8 aromatic rings. The summed E-state index contributed by atoms with van der Waals surface area (Å²) in [5, 5.41) is 1.04. The zero-order valence-corrected chi connectivity index (χ0v) is 23.9. The van der Waals surface area contributed by atoms with Gasteiger partial charge in [0.05, 0.1) is 0 Å². The molecule has 0 atom stereocenters. The van der Waals surface area contributed by atoms with Crippen LogP contribution in [-0.4, -0.2) is 14.4 Å². The highest BCUT2D eigenvalue weighted by atomic mass is 16.3. The highest BCUT2D eigenvalue weighted by Gasteiger charge is 2.35. The molecule has 0 bridgehead atoms. The van der Waals surface area contributed by atoms with E-state index < -0.39 is 0 Å². The van der Waals surface area contributed by atoms with E-state index >= 15 is 0 Å². The summed E-state index contributed by atoms with van der Waals surface area (Å²) in [7, 11) is 0. The number of furan rings is 1. The number of aromatic nitrogens is 3. The molecule has 4 aromatic heterocycles. The number of pyridine rings is 2.